The maximum Gasteiger partial charge on any atom is 0.183 e. The molecule has 0 radical (unpaired) electrons. The number of hydrogen-bond donors (Lipinski definition) is 0. The molecule has 2 atom stereocenters. The molecule has 102 valence electrons. The first-order valence-electron chi connectivity index (χ1n) is 6.41. The average molecular weight is 286 g/mol. The van der Waals surface area contributed by atoms with Crippen molar-refractivity contribution in [3.05, 3.63) is 40.5 Å². The second-order valence-corrected chi connectivity index (χ2v) is 5.52. The van der Waals surface area contributed by atoms with Crippen molar-refractivity contribution < 1.29 is 4.74 Å². The predicted molar refractivity (Wildman–Crippen MR) is 76.6 cm³/mol. The van der Waals surface area contributed by atoms with E-state index in [1.165, 1.54) is 5.56 Å². The third kappa shape index (κ3) is 2.50. The fourth-order valence-electron chi connectivity index (χ4n) is 2.41. The lowest BCUT2D eigenvalue weighted by Crippen LogP contribution is -2.43. The molecule has 0 N–H and O–H groups in total. The number of aromatic nitrogens is 2. The summed E-state index contributed by atoms with van der Waals surface area (Å²) < 4.78 is 5.99. The first-order chi connectivity index (χ1) is 9.78. The molecule has 3 heterocycles. The van der Waals surface area contributed by atoms with E-state index in [0.717, 1.165) is 0 Å². The van der Waals surface area contributed by atoms with Crippen LogP contribution >= 0.6 is 11.3 Å². The summed E-state index contributed by atoms with van der Waals surface area (Å²) in [7, 11) is 0. The molecular weight excluding hydrogens is 272 g/mol. The van der Waals surface area contributed by atoms with Crippen LogP contribution < -0.4 is 4.90 Å². The summed E-state index contributed by atoms with van der Waals surface area (Å²) in [5.41, 5.74) is 1.54. The van der Waals surface area contributed by atoms with Crippen LogP contribution in [0.3, 0.4) is 0 Å². The van der Waals surface area contributed by atoms with Crippen molar-refractivity contribution >= 4 is 17.2 Å². The molecule has 0 bridgehead atoms. The van der Waals surface area contributed by atoms with Crippen molar-refractivity contribution in [2.75, 3.05) is 18.0 Å². The summed E-state index contributed by atoms with van der Waals surface area (Å²) in [5.74, 6) is 0.644. The Hall–Kier alpha value is -1.97. The van der Waals surface area contributed by atoms with Crippen molar-refractivity contribution in [3.8, 4) is 6.07 Å². The second-order valence-electron chi connectivity index (χ2n) is 4.74. The minimum atomic E-state index is 0.0125. The fraction of sp³-hybridized carbons (Fsp3) is 0.357. The van der Waals surface area contributed by atoms with Crippen LogP contribution in [0.25, 0.3) is 0 Å². The van der Waals surface area contributed by atoms with Crippen LogP contribution in [0.2, 0.25) is 0 Å². The molecule has 0 unspecified atom stereocenters. The van der Waals surface area contributed by atoms with Crippen molar-refractivity contribution in [2.45, 2.75) is 19.1 Å². The van der Waals surface area contributed by atoms with Crippen LogP contribution in [-0.4, -0.2) is 29.2 Å². The number of thiophene rings is 1. The van der Waals surface area contributed by atoms with Gasteiger partial charge in [0.2, 0.25) is 0 Å². The molecule has 0 spiro atoms. The smallest absolute Gasteiger partial charge is 0.183 e. The molecule has 0 saturated carbocycles. The maximum absolute atomic E-state index is 9.16. The highest BCUT2D eigenvalue weighted by Crippen LogP contribution is 2.29. The molecule has 0 amide bonds. The maximum atomic E-state index is 9.16. The molecule has 2 aromatic heterocycles. The summed E-state index contributed by atoms with van der Waals surface area (Å²) in [6.07, 6.45) is 3.26. The van der Waals surface area contributed by atoms with Gasteiger partial charge in [-0.3, -0.25) is 0 Å². The average Bonchev–Trinajstić information content (AvgIpc) is 3.01. The van der Waals surface area contributed by atoms with E-state index in [0.29, 0.717) is 24.6 Å². The van der Waals surface area contributed by atoms with Crippen LogP contribution in [0.4, 0.5) is 5.82 Å². The zero-order chi connectivity index (χ0) is 13.9. The summed E-state index contributed by atoms with van der Waals surface area (Å²) in [6.45, 7) is 3.44. The van der Waals surface area contributed by atoms with E-state index in [-0.39, 0.29) is 12.2 Å². The van der Waals surface area contributed by atoms with Crippen molar-refractivity contribution in [3.63, 3.8) is 0 Å². The molecule has 1 aliphatic rings. The van der Waals surface area contributed by atoms with E-state index >= 15 is 0 Å². The third-order valence-corrected chi connectivity index (χ3v) is 3.96. The van der Waals surface area contributed by atoms with Gasteiger partial charge in [-0.25, -0.2) is 9.97 Å². The van der Waals surface area contributed by atoms with E-state index < -0.39 is 0 Å². The van der Waals surface area contributed by atoms with Gasteiger partial charge in [0.25, 0.3) is 0 Å². The minimum Gasteiger partial charge on any atom is -0.367 e. The van der Waals surface area contributed by atoms with Gasteiger partial charge in [-0.15, -0.1) is 0 Å². The molecule has 2 aromatic rings. The molecule has 5 nitrogen and oxygen atoms in total. The number of rotatable bonds is 2. The Morgan fingerprint density at radius 3 is 3.00 bits per heavy atom. The first kappa shape index (κ1) is 13.0. The van der Waals surface area contributed by atoms with Crippen molar-refractivity contribution in [1.29, 1.82) is 5.26 Å². The van der Waals surface area contributed by atoms with Gasteiger partial charge in [-0.1, -0.05) is 0 Å². The van der Waals surface area contributed by atoms with Gasteiger partial charge in [0.1, 0.15) is 12.2 Å². The Morgan fingerprint density at radius 1 is 1.40 bits per heavy atom. The molecule has 1 saturated heterocycles. The number of ether oxygens (including phenoxy) is 1. The number of anilines is 1. The molecule has 6 heteroatoms. The molecule has 20 heavy (non-hydrogen) atoms. The normalized spacial score (nSPS) is 22.5. The Morgan fingerprint density at radius 2 is 2.25 bits per heavy atom. The van der Waals surface area contributed by atoms with Crippen LogP contribution in [0, 0.1) is 11.3 Å². The van der Waals surface area contributed by atoms with E-state index in [4.69, 9.17) is 10.00 Å². The lowest BCUT2D eigenvalue weighted by atomic mass is 10.1. The van der Waals surface area contributed by atoms with E-state index in [1.807, 2.05) is 12.3 Å². The molecule has 0 aromatic carbocycles. The highest BCUT2D eigenvalue weighted by Gasteiger charge is 2.28. The van der Waals surface area contributed by atoms with E-state index in [9.17, 15) is 0 Å². The second kappa shape index (κ2) is 5.57. The van der Waals surface area contributed by atoms with Crippen molar-refractivity contribution in [1.82, 2.24) is 9.97 Å². The topological polar surface area (TPSA) is 62.0 Å². The van der Waals surface area contributed by atoms with Gasteiger partial charge in [0.15, 0.2) is 11.5 Å². The van der Waals surface area contributed by atoms with Gasteiger partial charge in [0, 0.05) is 18.9 Å². The molecular formula is C14H14N4OS. The highest BCUT2D eigenvalue weighted by molar-refractivity contribution is 7.07. The molecule has 1 aliphatic heterocycles. The Kier molecular flexibility index (Phi) is 3.63. The standard InChI is InChI=1S/C14H14N4OS/c1-10-7-18(14-12(6-15)16-3-4-17-14)8-13(19-10)11-2-5-20-9-11/h2-5,9-10,13H,7-8H2,1H3/t10-,13-/m0/s1. The van der Waals surface area contributed by atoms with Gasteiger partial charge in [0.05, 0.1) is 12.6 Å². The molecule has 0 aliphatic carbocycles. The quantitative estimate of drug-likeness (QED) is 0.848. The number of morpholine rings is 1. The zero-order valence-corrected chi connectivity index (χ0v) is 11.9. The monoisotopic (exact) mass is 286 g/mol. The van der Waals surface area contributed by atoms with E-state index in [1.54, 1.807) is 23.7 Å². The Labute approximate surface area is 121 Å². The van der Waals surface area contributed by atoms with E-state index in [2.05, 4.69) is 32.4 Å². The molecule has 1 fully saturated rings. The van der Waals surface area contributed by atoms with Crippen LogP contribution in [-0.2, 0) is 4.74 Å². The zero-order valence-electron chi connectivity index (χ0n) is 11.1. The van der Waals surface area contributed by atoms with Crippen LogP contribution in [0.15, 0.2) is 29.2 Å². The summed E-state index contributed by atoms with van der Waals surface area (Å²) in [6, 6.07) is 4.18. The highest BCUT2D eigenvalue weighted by atomic mass is 32.1. The fourth-order valence-corrected chi connectivity index (χ4v) is 3.11. The summed E-state index contributed by atoms with van der Waals surface area (Å²) in [5, 5.41) is 13.3. The first-order valence-corrected chi connectivity index (χ1v) is 7.36. The lowest BCUT2D eigenvalue weighted by molar-refractivity contribution is -0.0174. The largest absolute Gasteiger partial charge is 0.367 e. The summed E-state index contributed by atoms with van der Waals surface area (Å²) in [4.78, 5) is 10.5. The number of hydrogen-bond acceptors (Lipinski definition) is 6. The number of nitriles is 1. The SMILES string of the molecule is C[C@H]1CN(c2nccnc2C#N)C[C@@H](c2ccsc2)O1. The Bertz CT molecular complexity index is 622. The third-order valence-electron chi connectivity index (χ3n) is 3.26. The minimum absolute atomic E-state index is 0.0125. The van der Waals surface area contributed by atoms with Crippen molar-refractivity contribution in [2.24, 2.45) is 0 Å². The summed E-state index contributed by atoms with van der Waals surface area (Å²) >= 11 is 1.66. The predicted octanol–water partition coefficient (Wildman–Crippen LogP) is 2.38. The van der Waals surface area contributed by atoms with Crippen LogP contribution in [0.1, 0.15) is 24.3 Å². The van der Waals surface area contributed by atoms with Gasteiger partial charge in [-0.05, 0) is 29.3 Å². The van der Waals surface area contributed by atoms with Gasteiger partial charge < -0.3 is 9.64 Å². The Balaban J connectivity index is 1.88. The van der Waals surface area contributed by atoms with Crippen LogP contribution in [0.5, 0.6) is 0 Å². The van der Waals surface area contributed by atoms with Gasteiger partial charge >= 0.3 is 0 Å². The van der Waals surface area contributed by atoms with Gasteiger partial charge in [-0.2, -0.15) is 16.6 Å². The molecule has 3 rings (SSSR count). The lowest BCUT2D eigenvalue weighted by Gasteiger charge is -2.37. The number of nitrogens with zero attached hydrogens (tertiary/aromatic N) is 4.